The Labute approximate surface area is 123 Å². The second kappa shape index (κ2) is 6.00. The Morgan fingerprint density at radius 3 is 2.75 bits per heavy atom. The second-order valence-electron chi connectivity index (χ2n) is 4.17. The van der Waals surface area contributed by atoms with Gasteiger partial charge in [0.15, 0.2) is 11.6 Å². The topological polar surface area (TPSA) is 52.4 Å². The standard InChI is InChI=1S/C14H11BrFNO3/c1-9-5-6-11(17(18)19)7-13(9)20-14-10(8-15)3-2-4-12(14)16/h2-7H,8H2,1H3. The molecule has 104 valence electrons. The summed E-state index contributed by atoms with van der Waals surface area (Å²) in [5.41, 5.74) is 1.23. The van der Waals surface area contributed by atoms with E-state index in [1.54, 1.807) is 25.1 Å². The lowest BCUT2D eigenvalue weighted by atomic mass is 10.2. The lowest BCUT2D eigenvalue weighted by molar-refractivity contribution is -0.384. The molecule has 0 heterocycles. The Kier molecular flexibility index (Phi) is 4.34. The maximum absolute atomic E-state index is 13.8. The predicted molar refractivity (Wildman–Crippen MR) is 76.9 cm³/mol. The minimum absolute atomic E-state index is 0.0768. The summed E-state index contributed by atoms with van der Waals surface area (Å²) in [6, 6.07) is 8.84. The highest BCUT2D eigenvalue weighted by Crippen LogP contribution is 2.33. The molecule has 0 aliphatic rings. The third kappa shape index (κ3) is 2.96. The maximum Gasteiger partial charge on any atom is 0.273 e. The highest BCUT2D eigenvalue weighted by atomic mass is 79.9. The van der Waals surface area contributed by atoms with Crippen LogP contribution in [0.4, 0.5) is 10.1 Å². The number of hydrogen-bond donors (Lipinski definition) is 0. The Morgan fingerprint density at radius 2 is 2.10 bits per heavy atom. The molecule has 0 saturated heterocycles. The van der Waals surface area contributed by atoms with Crippen molar-refractivity contribution >= 4 is 21.6 Å². The number of hydrogen-bond acceptors (Lipinski definition) is 3. The van der Waals surface area contributed by atoms with Crippen molar-refractivity contribution in [1.82, 2.24) is 0 Å². The van der Waals surface area contributed by atoms with Gasteiger partial charge in [0, 0.05) is 17.0 Å². The molecule has 0 aliphatic carbocycles. The van der Waals surface area contributed by atoms with Crippen LogP contribution in [-0.4, -0.2) is 4.92 Å². The van der Waals surface area contributed by atoms with E-state index in [1.807, 2.05) is 0 Å². The Balaban J connectivity index is 2.44. The summed E-state index contributed by atoms with van der Waals surface area (Å²) >= 11 is 3.26. The molecule has 0 atom stereocenters. The molecule has 0 amide bonds. The molecular formula is C14H11BrFNO3. The third-order valence-corrected chi connectivity index (χ3v) is 3.39. The first-order valence-electron chi connectivity index (χ1n) is 5.79. The number of non-ortho nitro benzene ring substituents is 1. The van der Waals surface area contributed by atoms with Crippen molar-refractivity contribution in [2.45, 2.75) is 12.3 Å². The van der Waals surface area contributed by atoms with Gasteiger partial charge in [-0.15, -0.1) is 0 Å². The summed E-state index contributed by atoms with van der Waals surface area (Å²) < 4.78 is 19.4. The predicted octanol–water partition coefficient (Wildman–Crippen LogP) is 4.73. The Bertz CT molecular complexity index is 661. The van der Waals surface area contributed by atoms with Gasteiger partial charge >= 0.3 is 0 Å². The van der Waals surface area contributed by atoms with Crippen molar-refractivity contribution in [2.75, 3.05) is 0 Å². The lowest BCUT2D eigenvalue weighted by Crippen LogP contribution is -1.96. The number of nitro benzene ring substituents is 1. The second-order valence-corrected chi connectivity index (χ2v) is 4.73. The van der Waals surface area contributed by atoms with E-state index in [2.05, 4.69) is 15.9 Å². The van der Waals surface area contributed by atoms with Gasteiger partial charge in [-0.1, -0.05) is 28.1 Å². The van der Waals surface area contributed by atoms with E-state index in [-0.39, 0.29) is 17.2 Å². The summed E-state index contributed by atoms with van der Waals surface area (Å²) in [5.74, 6) is -0.160. The zero-order valence-corrected chi connectivity index (χ0v) is 12.2. The van der Waals surface area contributed by atoms with E-state index in [1.165, 1.54) is 18.2 Å². The summed E-state index contributed by atoms with van der Waals surface area (Å²) in [5, 5.41) is 11.2. The van der Waals surface area contributed by atoms with Crippen molar-refractivity contribution in [3.8, 4) is 11.5 Å². The van der Waals surface area contributed by atoms with Crippen LogP contribution in [0.25, 0.3) is 0 Å². The van der Waals surface area contributed by atoms with E-state index < -0.39 is 10.7 Å². The molecule has 0 unspecified atom stereocenters. The largest absolute Gasteiger partial charge is 0.453 e. The zero-order chi connectivity index (χ0) is 14.7. The van der Waals surface area contributed by atoms with Crippen LogP contribution in [0.15, 0.2) is 36.4 Å². The molecule has 0 aromatic heterocycles. The number of aryl methyl sites for hydroxylation is 1. The molecule has 2 rings (SSSR count). The smallest absolute Gasteiger partial charge is 0.273 e. The molecule has 0 bridgehead atoms. The van der Waals surface area contributed by atoms with Crippen LogP contribution in [-0.2, 0) is 5.33 Å². The summed E-state index contributed by atoms with van der Waals surface area (Å²) in [7, 11) is 0. The number of nitrogens with zero attached hydrogens (tertiary/aromatic N) is 1. The van der Waals surface area contributed by atoms with Crippen molar-refractivity contribution in [1.29, 1.82) is 0 Å². The van der Waals surface area contributed by atoms with E-state index >= 15 is 0 Å². The normalized spacial score (nSPS) is 10.3. The summed E-state index contributed by atoms with van der Waals surface area (Å²) in [6.07, 6.45) is 0. The molecule has 6 heteroatoms. The van der Waals surface area contributed by atoms with Gasteiger partial charge in [0.1, 0.15) is 5.75 Å². The molecule has 20 heavy (non-hydrogen) atoms. The molecule has 0 saturated carbocycles. The van der Waals surface area contributed by atoms with Crippen LogP contribution in [0.5, 0.6) is 11.5 Å². The SMILES string of the molecule is Cc1ccc([N+](=O)[O-])cc1Oc1c(F)cccc1CBr. The summed E-state index contributed by atoms with van der Waals surface area (Å²) in [6.45, 7) is 1.74. The minimum atomic E-state index is -0.515. The Morgan fingerprint density at radius 1 is 1.35 bits per heavy atom. The van der Waals surface area contributed by atoms with Gasteiger partial charge in [-0.2, -0.15) is 0 Å². The molecule has 2 aromatic rings. The Hall–Kier alpha value is -1.95. The van der Waals surface area contributed by atoms with Crippen LogP contribution in [0.2, 0.25) is 0 Å². The molecule has 0 aliphatic heterocycles. The highest BCUT2D eigenvalue weighted by Gasteiger charge is 2.14. The van der Waals surface area contributed by atoms with Crippen molar-refractivity contribution in [2.24, 2.45) is 0 Å². The monoisotopic (exact) mass is 339 g/mol. The van der Waals surface area contributed by atoms with Gasteiger partial charge in [0.2, 0.25) is 0 Å². The number of halogens is 2. The van der Waals surface area contributed by atoms with Crippen molar-refractivity contribution < 1.29 is 14.1 Å². The zero-order valence-electron chi connectivity index (χ0n) is 10.6. The highest BCUT2D eigenvalue weighted by molar-refractivity contribution is 9.08. The fourth-order valence-corrected chi connectivity index (χ4v) is 2.14. The first kappa shape index (κ1) is 14.5. The average Bonchev–Trinajstić information content (AvgIpc) is 2.42. The third-order valence-electron chi connectivity index (χ3n) is 2.79. The van der Waals surface area contributed by atoms with Gasteiger partial charge in [-0.25, -0.2) is 4.39 Å². The fourth-order valence-electron chi connectivity index (χ4n) is 1.70. The van der Waals surface area contributed by atoms with Crippen LogP contribution in [0.3, 0.4) is 0 Å². The first-order chi connectivity index (χ1) is 9.52. The van der Waals surface area contributed by atoms with E-state index in [0.29, 0.717) is 16.5 Å². The number of nitro groups is 1. The fraction of sp³-hybridized carbons (Fsp3) is 0.143. The van der Waals surface area contributed by atoms with Crippen LogP contribution in [0, 0.1) is 22.9 Å². The number of ether oxygens (including phenoxy) is 1. The van der Waals surface area contributed by atoms with Gasteiger partial charge in [-0.3, -0.25) is 10.1 Å². The van der Waals surface area contributed by atoms with Crippen molar-refractivity contribution in [3.63, 3.8) is 0 Å². The van der Waals surface area contributed by atoms with E-state index in [0.717, 1.165) is 0 Å². The quantitative estimate of drug-likeness (QED) is 0.459. The van der Waals surface area contributed by atoms with E-state index in [4.69, 9.17) is 4.74 Å². The molecule has 0 fully saturated rings. The minimum Gasteiger partial charge on any atom is -0.453 e. The van der Waals surface area contributed by atoms with Crippen molar-refractivity contribution in [3.05, 3.63) is 63.5 Å². The van der Waals surface area contributed by atoms with Crippen LogP contribution >= 0.6 is 15.9 Å². The van der Waals surface area contributed by atoms with E-state index in [9.17, 15) is 14.5 Å². The number of para-hydroxylation sites is 1. The molecule has 0 spiro atoms. The van der Waals surface area contributed by atoms with Gasteiger partial charge in [-0.05, 0) is 24.6 Å². The van der Waals surface area contributed by atoms with Gasteiger partial charge in [0.05, 0.1) is 11.0 Å². The molecule has 0 N–H and O–H groups in total. The summed E-state index contributed by atoms with van der Waals surface area (Å²) in [4.78, 5) is 10.3. The van der Waals surface area contributed by atoms with Crippen LogP contribution < -0.4 is 4.74 Å². The maximum atomic E-state index is 13.8. The molecular weight excluding hydrogens is 329 g/mol. The molecule has 0 radical (unpaired) electrons. The number of alkyl halides is 1. The average molecular weight is 340 g/mol. The number of rotatable bonds is 4. The first-order valence-corrected chi connectivity index (χ1v) is 6.91. The van der Waals surface area contributed by atoms with Gasteiger partial charge in [0.25, 0.3) is 5.69 Å². The van der Waals surface area contributed by atoms with Gasteiger partial charge < -0.3 is 4.74 Å². The molecule has 2 aromatic carbocycles. The molecule has 4 nitrogen and oxygen atoms in total. The van der Waals surface area contributed by atoms with Crippen LogP contribution in [0.1, 0.15) is 11.1 Å². The lowest BCUT2D eigenvalue weighted by Gasteiger charge is -2.12. The number of benzene rings is 2.